The highest BCUT2D eigenvalue weighted by atomic mass is 35.5. The molecule has 5 heteroatoms. The summed E-state index contributed by atoms with van der Waals surface area (Å²) in [6.07, 6.45) is 0.975. The van der Waals surface area contributed by atoms with Crippen molar-refractivity contribution in [2.45, 2.75) is 13.0 Å². The summed E-state index contributed by atoms with van der Waals surface area (Å²) in [5, 5.41) is 0. The monoisotopic (exact) mass is 254 g/mol. The summed E-state index contributed by atoms with van der Waals surface area (Å²) in [5.74, 6) is 0.269. The number of benzene rings is 1. The first kappa shape index (κ1) is 12.2. The number of H-pyrrole nitrogens is 1. The Labute approximate surface area is 104 Å². The van der Waals surface area contributed by atoms with Crippen molar-refractivity contribution in [2.75, 3.05) is 19.5 Å². The number of halogens is 1. The summed E-state index contributed by atoms with van der Waals surface area (Å²) in [7, 11) is 2.05. The summed E-state index contributed by atoms with van der Waals surface area (Å²) >= 11 is 5.65. The van der Waals surface area contributed by atoms with Crippen LogP contribution in [0.3, 0.4) is 0 Å². The number of aromatic amines is 1. The molecule has 0 unspecified atom stereocenters. The second-order valence-electron chi connectivity index (χ2n) is 4.13. The normalized spacial score (nSPS) is 11.5. The molecule has 1 aromatic carbocycles. The first-order chi connectivity index (χ1) is 8.19. The molecule has 1 heterocycles. The fraction of sp³-hybridized carbons (Fsp3) is 0.417. The van der Waals surface area contributed by atoms with Gasteiger partial charge in [-0.25, -0.2) is 4.79 Å². The highest BCUT2D eigenvalue weighted by Crippen LogP contribution is 2.13. The molecule has 4 nitrogen and oxygen atoms in total. The Kier molecular flexibility index (Phi) is 3.86. The van der Waals surface area contributed by atoms with Gasteiger partial charge in [-0.3, -0.25) is 4.98 Å². The van der Waals surface area contributed by atoms with E-state index in [0.717, 1.165) is 30.6 Å². The number of aromatic nitrogens is 1. The topological polar surface area (TPSA) is 49.2 Å². The van der Waals surface area contributed by atoms with E-state index in [1.165, 1.54) is 0 Å². The third-order valence-corrected chi connectivity index (χ3v) is 2.88. The highest BCUT2D eigenvalue weighted by molar-refractivity contribution is 6.17. The zero-order chi connectivity index (χ0) is 12.3. The van der Waals surface area contributed by atoms with Gasteiger partial charge in [0.15, 0.2) is 5.58 Å². The Morgan fingerprint density at radius 3 is 3.06 bits per heavy atom. The number of oxazole rings is 1. The SMILES string of the molecule is CN(CCCCl)Cc1ccc2oc(=O)[nH]c2c1. The molecule has 0 amide bonds. The maximum atomic E-state index is 11.0. The summed E-state index contributed by atoms with van der Waals surface area (Å²) in [5.41, 5.74) is 2.49. The van der Waals surface area contributed by atoms with Crippen LogP contribution in [0.5, 0.6) is 0 Å². The van der Waals surface area contributed by atoms with Crippen LogP contribution in [-0.4, -0.2) is 29.4 Å². The molecule has 0 bridgehead atoms. The van der Waals surface area contributed by atoms with E-state index in [-0.39, 0.29) is 0 Å². The summed E-state index contributed by atoms with van der Waals surface area (Å²) in [6, 6.07) is 5.73. The minimum absolute atomic E-state index is 0.410. The highest BCUT2D eigenvalue weighted by Gasteiger charge is 2.04. The van der Waals surface area contributed by atoms with Gasteiger partial charge in [0.25, 0.3) is 0 Å². The smallest absolute Gasteiger partial charge is 0.408 e. The summed E-state index contributed by atoms with van der Waals surface area (Å²) in [6.45, 7) is 1.80. The molecule has 92 valence electrons. The lowest BCUT2D eigenvalue weighted by atomic mass is 10.2. The van der Waals surface area contributed by atoms with Gasteiger partial charge in [-0.1, -0.05) is 6.07 Å². The number of hydrogen-bond donors (Lipinski definition) is 1. The maximum Gasteiger partial charge on any atom is 0.417 e. The molecule has 0 saturated heterocycles. The lowest BCUT2D eigenvalue weighted by Crippen LogP contribution is -2.19. The van der Waals surface area contributed by atoms with Gasteiger partial charge in [0.2, 0.25) is 0 Å². The van der Waals surface area contributed by atoms with Gasteiger partial charge in [0.1, 0.15) is 0 Å². The van der Waals surface area contributed by atoms with E-state index in [2.05, 4.69) is 16.9 Å². The standard InChI is InChI=1S/C12H15ClN2O2/c1-15(6-2-5-13)8-9-3-4-11-10(7-9)14-12(16)17-11/h3-4,7H,2,5-6,8H2,1H3,(H,14,16). The Hall–Kier alpha value is -1.26. The first-order valence-corrected chi connectivity index (χ1v) is 6.09. The average molecular weight is 255 g/mol. The largest absolute Gasteiger partial charge is 0.417 e. The van der Waals surface area contributed by atoms with Crippen LogP contribution in [0.2, 0.25) is 0 Å². The molecule has 0 radical (unpaired) electrons. The molecular weight excluding hydrogens is 240 g/mol. The van der Waals surface area contributed by atoms with Crippen molar-refractivity contribution >= 4 is 22.7 Å². The van der Waals surface area contributed by atoms with Gasteiger partial charge in [-0.05, 0) is 37.7 Å². The first-order valence-electron chi connectivity index (χ1n) is 5.55. The van der Waals surface area contributed by atoms with Crippen LogP contribution >= 0.6 is 11.6 Å². The lowest BCUT2D eigenvalue weighted by molar-refractivity contribution is 0.328. The van der Waals surface area contributed by atoms with E-state index in [0.29, 0.717) is 11.5 Å². The van der Waals surface area contributed by atoms with Gasteiger partial charge < -0.3 is 9.32 Å². The van der Waals surface area contributed by atoms with E-state index in [1.54, 1.807) is 0 Å². The predicted molar refractivity (Wildman–Crippen MR) is 68.5 cm³/mol. The predicted octanol–water partition coefficient (Wildman–Crippen LogP) is 2.18. The fourth-order valence-electron chi connectivity index (χ4n) is 1.82. The number of rotatable bonds is 5. The minimum Gasteiger partial charge on any atom is -0.408 e. The molecule has 0 spiro atoms. The number of alkyl halides is 1. The van der Waals surface area contributed by atoms with E-state index in [4.69, 9.17) is 16.0 Å². The van der Waals surface area contributed by atoms with Crippen molar-refractivity contribution in [1.82, 2.24) is 9.88 Å². The van der Waals surface area contributed by atoms with Crippen molar-refractivity contribution in [3.8, 4) is 0 Å². The molecule has 0 saturated carbocycles. The van der Waals surface area contributed by atoms with Gasteiger partial charge in [-0.15, -0.1) is 11.6 Å². The number of nitrogens with zero attached hydrogens (tertiary/aromatic N) is 1. The molecule has 17 heavy (non-hydrogen) atoms. The molecule has 0 aliphatic heterocycles. The maximum absolute atomic E-state index is 11.0. The Bertz CT molecular complexity index is 547. The molecular formula is C12H15ClN2O2. The number of fused-ring (bicyclic) bond motifs is 1. The van der Waals surface area contributed by atoms with Crippen LogP contribution < -0.4 is 5.76 Å². The molecule has 0 aliphatic rings. The molecule has 0 aliphatic carbocycles. The van der Waals surface area contributed by atoms with Gasteiger partial charge in [0, 0.05) is 12.4 Å². The third kappa shape index (κ3) is 3.11. The number of hydrogen-bond acceptors (Lipinski definition) is 3. The summed E-state index contributed by atoms with van der Waals surface area (Å²) < 4.78 is 4.95. The van der Waals surface area contributed by atoms with E-state index in [9.17, 15) is 4.79 Å². The molecule has 2 rings (SSSR count). The fourth-order valence-corrected chi connectivity index (χ4v) is 1.94. The third-order valence-electron chi connectivity index (χ3n) is 2.61. The van der Waals surface area contributed by atoms with Crippen molar-refractivity contribution in [1.29, 1.82) is 0 Å². The minimum atomic E-state index is -0.410. The Balaban J connectivity index is 2.10. The Morgan fingerprint density at radius 1 is 1.47 bits per heavy atom. The van der Waals surface area contributed by atoms with E-state index < -0.39 is 5.76 Å². The van der Waals surface area contributed by atoms with Crippen molar-refractivity contribution < 1.29 is 4.42 Å². The van der Waals surface area contributed by atoms with Gasteiger partial charge >= 0.3 is 5.76 Å². The molecule has 2 aromatic rings. The van der Waals surface area contributed by atoms with Crippen LogP contribution in [0.4, 0.5) is 0 Å². The average Bonchev–Trinajstić information content (AvgIpc) is 2.65. The summed E-state index contributed by atoms with van der Waals surface area (Å²) in [4.78, 5) is 15.9. The molecule has 0 atom stereocenters. The second kappa shape index (κ2) is 5.38. The van der Waals surface area contributed by atoms with Gasteiger partial charge in [-0.2, -0.15) is 0 Å². The second-order valence-corrected chi connectivity index (χ2v) is 4.50. The lowest BCUT2D eigenvalue weighted by Gasteiger charge is -2.15. The van der Waals surface area contributed by atoms with Crippen molar-refractivity contribution in [3.05, 3.63) is 34.3 Å². The van der Waals surface area contributed by atoms with Crippen molar-refractivity contribution in [2.24, 2.45) is 0 Å². The molecule has 1 aromatic heterocycles. The van der Waals surface area contributed by atoms with Crippen LogP contribution in [0.25, 0.3) is 11.1 Å². The zero-order valence-corrected chi connectivity index (χ0v) is 10.5. The zero-order valence-electron chi connectivity index (χ0n) is 9.70. The van der Waals surface area contributed by atoms with Crippen LogP contribution in [0, 0.1) is 0 Å². The van der Waals surface area contributed by atoms with Crippen LogP contribution in [0.15, 0.2) is 27.4 Å². The van der Waals surface area contributed by atoms with E-state index >= 15 is 0 Å². The number of nitrogens with one attached hydrogen (secondary N) is 1. The Morgan fingerprint density at radius 2 is 2.29 bits per heavy atom. The van der Waals surface area contributed by atoms with E-state index in [1.807, 2.05) is 18.2 Å². The molecule has 0 fully saturated rings. The van der Waals surface area contributed by atoms with Gasteiger partial charge in [0.05, 0.1) is 5.52 Å². The van der Waals surface area contributed by atoms with Crippen molar-refractivity contribution in [3.63, 3.8) is 0 Å². The molecule has 1 N–H and O–H groups in total. The van der Waals surface area contributed by atoms with Crippen LogP contribution in [0.1, 0.15) is 12.0 Å². The van der Waals surface area contributed by atoms with Crippen LogP contribution in [-0.2, 0) is 6.54 Å². The quantitative estimate of drug-likeness (QED) is 0.832.